The molecule has 0 spiro atoms. The number of carboxylic acid groups (broad SMARTS) is 1. The van der Waals surface area contributed by atoms with Gasteiger partial charge in [-0.2, -0.15) is 0 Å². The maximum Gasteiger partial charge on any atom is 0.335 e. The highest BCUT2D eigenvalue weighted by Gasteiger charge is 2.21. The predicted molar refractivity (Wildman–Crippen MR) is 66.4 cm³/mol. The number of rotatable bonds is 5. The zero-order valence-corrected chi connectivity index (χ0v) is 9.98. The van der Waals surface area contributed by atoms with E-state index in [2.05, 4.69) is 10.6 Å². The molecule has 1 fully saturated rings. The van der Waals surface area contributed by atoms with E-state index in [0.29, 0.717) is 12.5 Å². The molecule has 1 saturated carbocycles. The lowest BCUT2D eigenvalue weighted by atomic mass is 10.1. The lowest BCUT2D eigenvalue weighted by molar-refractivity contribution is 0.0697. The van der Waals surface area contributed by atoms with Gasteiger partial charge in [-0.3, -0.25) is 0 Å². The van der Waals surface area contributed by atoms with Crippen molar-refractivity contribution < 1.29 is 14.7 Å². The maximum absolute atomic E-state index is 11.4. The van der Waals surface area contributed by atoms with Crippen LogP contribution in [0.25, 0.3) is 0 Å². The van der Waals surface area contributed by atoms with Crippen molar-refractivity contribution in [2.24, 2.45) is 5.92 Å². The third kappa shape index (κ3) is 3.76. The minimum atomic E-state index is -0.948. The molecule has 3 N–H and O–H groups in total. The van der Waals surface area contributed by atoms with Gasteiger partial charge in [-0.15, -0.1) is 0 Å². The fraction of sp³-hybridized carbons (Fsp3) is 0.385. The summed E-state index contributed by atoms with van der Waals surface area (Å²) < 4.78 is 0. The lowest BCUT2D eigenvalue weighted by Crippen LogP contribution is -2.36. The summed E-state index contributed by atoms with van der Waals surface area (Å²) in [5.74, 6) is -0.290. The molecule has 2 rings (SSSR count). The number of benzene rings is 1. The summed E-state index contributed by atoms with van der Waals surface area (Å²) in [6.07, 6.45) is 2.41. The fourth-order valence-electron chi connectivity index (χ4n) is 1.57. The van der Waals surface area contributed by atoms with Gasteiger partial charge in [0.25, 0.3) is 0 Å². The highest BCUT2D eigenvalue weighted by molar-refractivity contribution is 5.87. The van der Waals surface area contributed by atoms with Crippen molar-refractivity contribution >= 4 is 12.0 Å². The summed E-state index contributed by atoms with van der Waals surface area (Å²) in [4.78, 5) is 22.1. The van der Waals surface area contributed by atoms with Crippen LogP contribution in [0.5, 0.6) is 0 Å². The molecule has 0 heterocycles. The number of carbonyl (C=O) groups is 2. The lowest BCUT2D eigenvalue weighted by Gasteiger charge is -2.07. The Bertz CT molecular complexity index is 438. The van der Waals surface area contributed by atoms with E-state index in [1.807, 2.05) is 0 Å². The summed E-state index contributed by atoms with van der Waals surface area (Å²) in [5.41, 5.74) is 1.12. The number of aromatic carboxylic acids is 1. The Labute approximate surface area is 105 Å². The number of hydrogen-bond donors (Lipinski definition) is 3. The molecule has 0 radical (unpaired) electrons. The molecule has 5 heteroatoms. The molecule has 18 heavy (non-hydrogen) atoms. The van der Waals surface area contributed by atoms with Gasteiger partial charge >= 0.3 is 12.0 Å². The summed E-state index contributed by atoms with van der Waals surface area (Å²) >= 11 is 0. The average Bonchev–Trinajstić information content (AvgIpc) is 3.18. The van der Waals surface area contributed by atoms with Gasteiger partial charge in [0.15, 0.2) is 0 Å². The Morgan fingerprint density at radius 3 is 2.39 bits per heavy atom. The molecule has 0 aliphatic heterocycles. The number of urea groups is 1. The number of carbonyl (C=O) groups excluding carboxylic acids is 1. The molecule has 1 aliphatic rings. The Hall–Kier alpha value is -2.04. The Morgan fingerprint density at radius 2 is 1.83 bits per heavy atom. The number of carboxylic acids is 1. The maximum atomic E-state index is 11.4. The van der Waals surface area contributed by atoms with Crippen LogP contribution in [0.1, 0.15) is 28.8 Å². The van der Waals surface area contributed by atoms with Crippen LogP contribution in [0, 0.1) is 5.92 Å². The van der Waals surface area contributed by atoms with Crippen LogP contribution >= 0.6 is 0 Å². The summed E-state index contributed by atoms with van der Waals surface area (Å²) in [7, 11) is 0. The van der Waals surface area contributed by atoms with Crippen LogP contribution < -0.4 is 10.6 Å². The monoisotopic (exact) mass is 248 g/mol. The van der Waals surface area contributed by atoms with Crippen LogP contribution in [0.3, 0.4) is 0 Å². The largest absolute Gasteiger partial charge is 0.478 e. The normalized spacial score (nSPS) is 14.0. The SMILES string of the molecule is O=C(NCc1ccc(C(=O)O)cc1)NCC1CC1. The van der Waals surface area contributed by atoms with E-state index in [4.69, 9.17) is 5.11 Å². The Kier molecular flexibility index (Phi) is 3.82. The van der Waals surface area contributed by atoms with Gasteiger partial charge in [-0.25, -0.2) is 9.59 Å². The predicted octanol–water partition coefficient (Wildman–Crippen LogP) is 1.59. The highest BCUT2D eigenvalue weighted by Crippen LogP contribution is 2.27. The van der Waals surface area contributed by atoms with E-state index in [9.17, 15) is 9.59 Å². The van der Waals surface area contributed by atoms with E-state index in [0.717, 1.165) is 12.1 Å². The first-order valence-electron chi connectivity index (χ1n) is 5.99. The van der Waals surface area contributed by atoms with Crippen molar-refractivity contribution in [2.45, 2.75) is 19.4 Å². The first-order valence-corrected chi connectivity index (χ1v) is 5.99. The van der Waals surface area contributed by atoms with Crippen LogP contribution in [-0.4, -0.2) is 23.7 Å². The molecule has 0 atom stereocenters. The van der Waals surface area contributed by atoms with E-state index in [1.54, 1.807) is 12.1 Å². The second-order valence-corrected chi connectivity index (χ2v) is 4.51. The van der Waals surface area contributed by atoms with Crippen LogP contribution in [0.15, 0.2) is 24.3 Å². The van der Waals surface area contributed by atoms with E-state index in [1.165, 1.54) is 25.0 Å². The second kappa shape index (κ2) is 5.53. The molecular weight excluding hydrogens is 232 g/mol. The smallest absolute Gasteiger partial charge is 0.335 e. The van der Waals surface area contributed by atoms with Crippen molar-refractivity contribution in [1.82, 2.24) is 10.6 Å². The van der Waals surface area contributed by atoms with Crippen molar-refractivity contribution in [3.63, 3.8) is 0 Å². The topological polar surface area (TPSA) is 78.4 Å². The van der Waals surface area contributed by atoms with Gasteiger partial charge in [0.2, 0.25) is 0 Å². The molecule has 1 aromatic carbocycles. The van der Waals surface area contributed by atoms with E-state index < -0.39 is 5.97 Å². The van der Waals surface area contributed by atoms with Gasteiger partial charge in [-0.05, 0) is 36.5 Å². The molecule has 1 aromatic rings. The third-order valence-corrected chi connectivity index (χ3v) is 2.90. The molecule has 0 unspecified atom stereocenters. The fourth-order valence-corrected chi connectivity index (χ4v) is 1.57. The number of nitrogens with one attached hydrogen (secondary N) is 2. The molecule has 0 saturated heterocycles. The van der Waals surface area contributed by atoms with Crippen LogP contribution in [-0.2, 0) is 6.54 Å². The first-order chi connectivity index (χ1) is 8.65. The number of amides is 2. The first kappa shape index (κ1) is 12.4. The van der Waals surface area contributed by atoms with Gasteiger partial charge in [0.05, 0.1) is 5.56 Å². The van der Waals surface area contributed by atoms with Crippen molar-refractivity contribution in [2.75, 3.05) is 6.54 Å². The van der Waals surface area contributed by atoms with E-state index >= 15 is 0 Å². The van der Waals surface area contributed by atoms with Gasteiger partial charge < -0.3 is 15.7 Å². The van der Waals surface area contributed by atoms with Crippen LogP contribution in [0.4, 0.5) is 4.79 Å². The summed E-state index contributed by atoms with van der Waals surface area (Å²) in [6, 6.07) is 6.28. The highest BCUT2D eigenvalue weighted by atomic mass is 16.4. The average molecular weight is 248 g/mol. The molecular formula is C13H16N2O3. The molecule has 0 aromatic heterocycles. The number of hydrogen-bond acceptors (Lipinski definition) is 2. The quantitative estimate of drug-likeness (QED) is 0.740. The zero-order chi connectivity index (χ0) is 13.0. The third-order valence-electron chi connectivity index (χ3n) is 2.90. The standard InChI is InChI=1S/C13H16N2O3/c16-12(17)11-5-3-10(4-6-11)8-15-13(18)14-7-9-1-2-9/h3-6,9H,1-2,7-8H2,(H,16,17)(H2,14,15,18). The van der Waals surface area contributed by atoms with E-state index in [-0.39, 0.29) is 11.6 Å². The van der Waals surface area contributed by atoms with Crippen molar-refractivity contribution in [3.8, 4) is 0 Å². The molecule has 96 valence electrons. The Morgan fingerprint density at radius 1 is 1.17 bits per heavy atom. The van der Waals surface area contributed by atoms with Crippen molar-refractivity contribution in [1.29, 1.82) is 0 Å². The summed E-state index contributed by atoms with van der Waals surface area (Å²) in [6.45, 7) is 1.14. The minimum Gasteiger partial charge on any atom is -0.478 e. The zero-order valence-electron chi connectivity index (χ0n) is 9.98. The van der Waals surface area contributed by atoms with Crippen molar-refractivity contribution in [3.05, 3.63) is 35.4 Å². The van der Waals surface area contributed by atoms with Gasteiger partial charge in [0.1, 0.15) is 0 Å². The summed E-state index contributed by atoms with van der Waals surface area (Å²) in [5, 5.41) is 14.3. The second-order valence-electron chi connectivity index (χ2n) is 4.51. The molecule has 5 nitrogen and oxygen atoms in total. The van der Waals surface area contributed by atoms with Gasteiger partial charge in [-0.1, -0.05) is 12.1 Å². The Balaban J connectivity index is 1.74. The molecule has 1 aliphatic carbocycles. The molecule has 0 bridgehead atoms. The molecule has 2 amide bonds. The van der Waals surface area contributed by atoms with Gasteiger partial charge in [0, 0.05) is 13.1 Å². The minimum absolute atomic E-state index is 0.177. The van der Waals surface area contributed by atoms with Crippen LogP contribution in [0.2, 0.25) is 0 Å².